The van der Waals surface area contributed by atoms with Crippen molar-refractivity contribution in [3.8, 4) is 5.75 Å². The molecule has 0 radical (unpaired) electrons. The second kappa shape index (κ2) is 5.94. The largest absolute Gasteiger partial charge is 0.482 e. The third-order valence-electron chi connectivity index (χ3n) is 4.10. The van der Waals surface area contributed by atoms with Crippen LogP contribution in [0.25, 0.3) is 10.9 Å². The van der Waals surface area contributed by atoms with Crippen LogP contribution in [0.1, 0.15) is 18.5 Å². The van der Waals surface area contributed by atoms with Gasteiger partial charge in [0.05, 0.1) is 22.6 Å². The Morgan fingerprint density at radius 2 is 2.04 bits per heavy atom. The van der Waals surface area contributed by atoms with E-state index in [2.05, 4.69) is 20.6 Å². The smallest absolute Gasteiger partial charge is 0.262 e. The Balaban J connectivity index is 1.62. The fourth-order valence-corrected chi connectivity index (χ4v) is 2.81. The van der Waals surface area contributed by atoms with E-state index in [1.54, 1.807) is 18.2 Å². The first-order chi connectivity index (χ1) is 12.1. The molecular formula is C18H16N4O3. The van der Waals surface area contributed by atoms with Crippen molar-refractivity contribution in [2.75, 3.05) is 17.2 Å². The maximum Gasteiger partial charge on any atom is 0.262 e. The van der Waals surface area contributed by atoms with Gasteiger partial charge in [0.25, 0.3) is 11.5 Å². The number of rotatable bonds is 3. The van der Waals surface area contributed by atoms with Crippen molar-refractivity contribution in [2.24, 2.45) is 0 Å². The van der Waals surface area contributed by atoms with Crippen molar-refractivity contribution in [2.45, 2.75) is 13.0 Å². The topological polar surface area (TPSA) is 96.1 Å². The lowest BCUT2D eigenvalue weighted by atomic mass is 10.1. The van der Waals surface area contributed by atoms with Crippen LogP contribution >= 0.6 is 0 Å². The number of para-hydroxylation sites is 1. The van der Waals surface area contributed by atoms with E-state index >= 15 is 0 Å². The predicted molar refractivity (Wildman–Crippen MR) is 95.0 cm³/mol. The number of hydrogen-bond acceptors (Lipinski definition) is 5. The van der Waals surface area contributed by atoms with Gasteiger partial charge in [-0.3, -0.25) is 14.6 Å². The van der Waals surface area contributed by atoms with Crippen LogP contribution < -0.4 is 20.9 Å². The number of benzene rings is 2. The summed E-state index contributed by atoms with van der Waals surface area (Å²) in [6.07, 6.45) is 0. The molecule has 0 spiro atoms. The zero-order valence-corrected chi connectivity index (χ0v) is 13.5. The number of H-pyrrole nitrogens is 1. The Morgan fingerprint density at radius 1 is 1.20 bits per heavy atom. The molecule has 3 aromatic rings. The molecule has 25 heavy (non-hydrogen) atoms. The molecule has 4 rings (SSSR count). The number of nitrogens with one attached hydrogen (secondary N) is 3. The number of carbonyl (C=O) groups excluding carboxylic acids is 1. The number of carbonyl (C=O) groups is 1. The fraction of sp³-hybridized carbons (Fsp3) is 0.167. The molecule has 0 saturated carbocycles. The van der Waals surface area contributed by atoms with Crippen LogP contribution in [0.5, 0.6) is 5.75 Å². The minimum absolute atomic E-state index is 0.0302. The summed E-state index contributed by atoms with van der Waals surface area (Å²) in [5.74, 6) is 0.868. The molecule has 7 heteroatoms. The van der Waals surface area contributed by atoms with Gasteiger partial charge < -0.3 is 15.4 Å². The van der Waals surface area contributed by atoms with Gasteiger partial charge in [0, 0.05) is 0 Å². The molecule has 126 valence electrons. The Bertz CT molecular complexity index is 1030. The van der Waals surface area contributed by atoms with Crippen molar-refractivity contribution in [1.29, 1.82) is 0 Å². The summed E-state index contributed by atoms with van der Waals surface area (Å²) in [7, 11) is 0. The number of ether oxygens (including phenoxy) is 1. The predicted octanol–water partition coefficient (Wildman–Crippen LogP) is 2.43. The van der Waals surface area contributed by atoms with Gasteiger partial charge in [-0.2, -0.15) is 0 Å². The molecule has 0 saturated heterocycles. The quantitative estimate of drug-likeness (QED) is 0.683. The highest BCUT2D eigenvalue weighted by Gasteiger charge is 2.17. The zero-order chi connectivity index (χ0) is 17.4. The number of nitrogens with zero attached hydrogens (tertiary/aromatic N) is 1. The van der Waals surface area contributed by atoms with E-state index in [1.807, 2.05) is 31.2 Å². The van der Waals surface area contributed by atoms with E-state index in [4.69, 9.17) is 4.74 Å². The van der Waals surface area contributed by atoms with Gasteiger partial charge in [-0.1, -0.05) is 18.2 Å². The summed E-state index contributed by atoms with van der Waals surface area (Å²) in [4.78, 5) is 30.8. The normalized spacial score (nSPS) is 14.4. The highest BCUT2D eigenvalue weighted by molar-refractivity contribution is 5.95. The fourth-order valence-electron chi connectivity index (χ4n) is 2.81. The van der Waals surface area contributed by atoms with Crippen LogP contribution in [0.2, 0.25) is 0 Å². The lowest BCUT2D eigenvalue weighted by molar-refractivity contribution is -0.118. The van der Waals surface area contributed by atoms with E-state index in [9.17, 15) is 9.59 Å². The Morgan fingerprint density at radius 3 is 2.92 bits per heavy atom. The van der Waals surface area contributed by atoms with E-state index in [1.165, 1.54) is 0 Å². The molecule has 2 aromatic carbocycles. The molecule has 2 heterocycles. The SMILES string of the molecule is CC(Nc1nc2ccccc2c(=O)[nH]1)c1ccc2c(c1)NC(=O)CO2. The average molecular weight is 336 g/mol. The van der Waals surface area contributed by atoms with Crippen molar-refractivity contribution < 1.29 is 9.53 Å². The van der Waals surface area contributed by atoms with Crippen molar-refractivity contribution in [1.82, 2.24) is 9.97 Å². The van der Waals surface area contributed by atoms with E-state index in [0.717, 1.165) is 5.56 Å². The number of hydrogen-bond donors (Lipinski definition) is 3. The number of fused-ring (bicyclic) bond motifs is 2. The average Bonchev–Trinajstić information content (AvgIpc) is 2.61. The Labute approximate surface area is 143 Å². The van der Waals surface area contributed by atoms with E-state index < -0.39 is 0 Å². The standard InChI is InChI=1S/C18H16N4O3/c1-10(11-6-7-15-14(8-11)20-16(23)9-25-15)19-18-21-13-5-3-2-4-12(13)17(24)22-18/h2-8,10H,9H2,1H3,(H,20,23)(H2,19,21,22,24). The van der Waals surface area contributed by atoms with Crippen molar-refractivity contribution in [3.63, 3.8) is 0 Å². The summed E-state index contributed by atoms with van der Waals surface area (Å²) in [5.41, 5.74) is 2.01. The zero-order valence-electron chi connectivity index (χ0n) is 13.5. The van der Waals surface area contributed by atoms with Gasteiger partial charge in [0.15, 0.2) is 6.61 Å². The molecule has 1 aromatic heterocycles. The molecule has 1 aliphatic heterocycles. The minimum Gasteiger partial charge on any atom is -0.482 e. The number of aromatic amines is 1. The number of aromatic nitrogens is 2. The summed E-state index contributed by atoms with van der Waals surface area (Å²) in [6, 6.07) is 12.6. The first-order valence-corrected chi connectivity index (χ1v) is 7.92. The first-order valence-electron chi connectivity index (χ1n) is 7.92. The lowest BCUT2D eigenvalue weighted by Gasteiger charge is -2.21. The molecule has 0 aliphatic carbocycles. The summed E-state index contributed by atoms with van der Waals surface area (Å²) < 4.78 is 5.36. The second-order valence-corrected chi connectivity index (χ2v) is 5.89. The molecule has 1 aliphatic rings. The minimum atomic E-state index is -0.189. The molecular weight excluding hydrogens is 320 g/mol. The first kappa shape index (κ1) is 15.2. The van der Waals surface area contributed by atoms with E-state index in [0.29, 0.717) is 28.3 Å². The van der Waals surface area contributed by atoms with Crippen LogP contribution in [0.4, 0.5) is 11.6 Å². The molecule has 1 amide bonds. The van der Waals surface area contributed by atoms with Gasteiger partial charge in [-0.15, -0.1) is 0 Å². The van der Waals surface area contributed by atoms with Crippen molar-refractivity contribution >= 4 is 28.4 Å². The van der Waals surface area contributed by atoms with Crippen LogP contribution in [0.3, 0.4) is 0 Å². The van der Waals surface area contributed by atoms with Gasteiger partial charge in [-0.05, 0) is 36.8 Å². The van der Waals surface area contributed by atoms with Gasteiger partial charge in [0.1, 0.15) is 5.75 Å². The van der Waals surface area contributed by atoms with Gasteiger partial charge >= 0.3 is 0 Å². The summed E-state index contributed by atoms with van der Waals surface area (Å²) in [5, 5.41) is 6.53. The number of anilines is 2. The van der Waals surface area contributed by atoms with Gasteiger partial charge in [0.2, 0.25) is 5.95 Å². The Kier molecular flexibility index (Phi) is 3.61. The second-order valence-electron chi connectivity index (χ2n) is 5.89. The summed E-state index contributed by atoms with van der Waals surface area (Å²) in [6.45, 7) is 1.98. The molecule has 0 bridgehead atoms. The monoisotopic (exact) mass is 336 g/mol. The Hall–Kier alpha value is -3.35. The third-order valence-corrected chi connectivity index (χ3v) is 4.10. The highest BCUT2D eigenvalue weighted by atomic mass is 16.5. The molecule has 3 N–H and O–H groups in total. The van der Waals surface area contributed by atoms with Crippen LogP contribution in [0, 0.1) is 0 Å². The molecule has 1 atom stereocenters. The van der Waals surface area contributed by atoms with E-state index in [-0.39, 0.29) is 24.1 Å². The highest BCUT2D eigenvalue weighted by Crippen LogP contribution is 2.31. The maximum atomic E-state index is 12.1. The maximum absolute atomic E-state index is 12.1. The van der Waals surface area contributed by atoms with Crippen LogP contribution in [-0.4, -0.2) is 22.5 Å². The molecule has 0 fully saturated rings. The number of amides is 1. The van der Waals surface area contributed by atoms with Gasteiger partial charge in [-0.25, -0.2) is 4.98 Å². The van der Waals surface area contributed by atoms with Crippen molar-refractivity contribution in [3.05, 3.63) is 58.4 Å². The molecule has 7 nitrogen and oxygen atoms in total. The van der Waals surface area contributed by atoms with Crippen LogP contribution in [-0.2, 0) is 4.79 Å². The third kappa shape index (κ3) is 2.91. The summed E-state index contributed by atoms with van der Waals surface area (Å²) >= 11 is 0. The molecule has 1 unspecified atom stereocenters. The lowest BCUT2D eigenvalue weighted by Crippen LogP contribution is -2.25. The van der Waals surface area contributed by atoms with Crippen LogP contribution in [0.15, 0.2) is 47.3 Å².